The zero-order chi connectivity index (χ0) is 21.8. The van der Waals surface area contributed by atoms with Crippen molar-refractivity contribution in [1.82, 2.24) is 15.6 Å². The zero-order valence-electron chi connectivity index (χ0n) is 17.7. The normalized spacial score (nSPS) is 19.3. The number of hydrogen-bond acceptors (Lipinski definition) is 5. The molecule has 31 heavy (non-hydrogen) atoms. The third kappa shape index (κ3) is 5.11. The van der Waals surface area contributed by atoms with Crippen LogP contribution < -0.4 is 10.6 Å². The summed E-state index contributed by atoms with van der Waals surface area (Å²) in [6.45, 7) is 2.07. The third-order valence-corrected chi connectivity index (χ3v) is 6.92. The van der Waals surface area contributed by atoms with Crippen LogP contribution in [0.5, 0.6) is 0 Å². The Morgan fingerprint density at radius 1 is 1.19 bits per heavy atom. The van der Waals surface area contributed by atoms with E-state index in [1.807, 2.05) is 30.5 Å². The van der Waals surface area contributed by atoms with Gasteiger partial charge in [0.15, 0.2) is 0 Å². The number of H-pyrrole nitrogens is 1. The molecule has 1 aromatic heterocycles. The van der Waals surface area contributed by atoms with Crippen LogP contribution in [-0.2, 0) is 20.7 Å². The Kier molecular flexibility index (Phi) is 6.63. The lowest BCUT2D eigenvalue weighted by Gasteiger charge is -2.18. The van der Waals surface area contributed by atoms with Crippen molar-refractivity contribution >= 4 is 34.5 Å². The zero-order valence-corrected chi connectivity index (χ0v) is 18.5. The molecule has 4 rings (SSSR count). The largest absolute Gasteiger partial charge is 0.467 e. The van der Waals surface area contributed by atoms with Crippen LogP contribution in [0.3, 0.4) is 0 Å². The number of aryl methyl sites for hydroxylation is 1. The van der Waals surface area contributed by atoms with Gasteiger partial charge in [0.05, 0.1) is 12.5 Å². The monoisotopic (exact) mass is 437 g/mol. The molecule has 3 N–H and O–H groups in total. The first-order valence-electron chi connectivity index (χ1n) is 10.4. The summed E-state index contributed by atoms with van der Waals surface area (Å²) in [6.07, 6.45) is 2.58. The maximum Gasteiger partial charge on any atom is 0.328 e. The summed E-state index contributed by atoms with van der Waals surface area (Å²) in [5.74, 6) is 0.250. The summed E-state index contributed by atoms with van der Waals surface area (Å²) < 4.78 is 4.94. The van der Waals surface area contributed by atoms with E-state index >= 15 is 0 Å². The van der Waals surface area contributed by atoms with E-state index in [9.17, 15) is 9.59 Å². The molecule has 1 amide bonds. The summed E-state index contributed by atoms with van der Waals surface area (Å²) in [7, 11) is 1.35. The van der Waals surface area contributed by atoms with E-state index in [0.29, 0.717) is 12.8 Å². The number of fused-ring (bicyclic) bond motifs is 1. The molecule has 3 aromatic rings. The van der Waals surface area contributed by atoms with Crippen molar-refractivity contribution < 1.29 is 14.3 Å². The first-order valence-corrected chi connectivity index (χ1v) is 11.4. The molecule has 2 unspecified atom stereocenters. The van der Waals surface area contributed by atoms with E-state index in [1.165, 1.54) is 18.2 Å². The first kappa shape index (κ1) is 21.5. The Labute approximate surface area is 186 Å². The lowest BCUT2D eigenvalue weighted by molar-refractivity contribution is -0.145. The van der Waals surface area contributed by atoms with Crippen LogP contribution in [0.15, 0.2) is 54.7 Å². The molecule has 7 heteroatoms. The molecule has 2 aromatic carbocycles. The fourth-order valence-electron chi connectivity index (χ4n) is 3.91. The van der Waals surface area contributed by atoms with Crippen LogP contribution in [0.2, 0.25) is 0 Å². The fraction of sp³-hybridized carbons (Fsp3) is 0.333. The predicted octanol–water partition coefficient (Wildman–Crippen LogP) is 3.47. The van der Waals surface area contributed by atoms with Crippen molar-refractivity contribution in [2.24, 2.45) is 0 Å². The van der Waals surface area contributed by atoms with Crippen LogP contribution in [0.1, 0.15) is 28.5 Å². The number of aromatic amines is 1. The minimum Gasteiger partial charge on any atom is -0.467 e. The molecule has 1 aliphatic heterocycles. The van der Waals surface area contributed by atoms with Gasteiger partial charge in [-0.25, -0.2) is 4.79 Å². The number of hydrogen-bond donors (Lipinski definition) is 3. The standard InChI is InChI=1S/C24H27N3O3S/c1-15-7-9-16(10-8-15)23-26-18(14-31-23)12-22(28)27-21(24(29)30-2)11-17-13-25-20-6-4-3-5-19(17)20/h3-10,13,18,21,23,25-26H,11-12,14H2,1-2H3,(H,27,28)/t18?,21-,23?/m0/s1. The number of amides is 1. The van der Waals surface area contributed by atoms with E-state index < -0.39 is 12.0 Å². The van der Waals surface area contributed by atoms with E-state index in [2.05, 4.69) is 46.8 Å². The number of ether oxygens (including phenoxy) is 1. The second-order valence-electron chi connectivity index (χ2n) is 7.90. The van der Waals surface area contributed by atoms with Gasteiger partial charge >= 0.3 is 5.97 Å². The second kappa shape index (κ2) is 9.58. The predicted molar refractivity (Wildman–Crippen MR) is 124 cm³/mol. The summed E-state index contributed by atoms with van der Waals surface area (Å²) >= 11 is 1.80. The number of nitrogens with one attached hydrogen (secondary N) is 3. The Morgan fingerprint density at radius 3 is 2.74 bits per heavy atom. The quantitative estimate of drug-likeness (QED) is 0.493. The molecular formula is C24H27N3O3S. The van der Waals surface area contributed by atoms with Gasteiger partial charge in [0, 0.05) is 41.7 Å². The number of para-hydroxylation sites is 1. The van der Waals surface area contributed by atoms with Crippen molar-refractivity contribution in [3.8, 4) is 0 Å². The van der Waals surface area contributed by atoms with Crippen LogP contribution in [0.4, 0.5) is 0 Å². The molecule has 0 saturated carbocycles. The molecule has 1 aliphatic rings. The van der Waals surface area contributed by atoms with E-state index in [1.54, 1.807) is 11.8 Å². The summed E-state index contributed by atoms with van der Waals surface area (Å²) in [4.78, 5) is 28.3. The Bertz CT molecular complexity index is 1060. The van der Waals surface area contributed by atoms with Gasteiger partial charge in [-0.1, -0.05) is 48.0 Å². The van der Waals surface area contributed by atoms with Gasteiger partial charge in [0.2, 0.25) is 5.91 Å². The lowest BCUT2D eigenvalue weighted by Crippen LogP contribution is -2.45. The number of carbonyl (C=O) groups is 2. The average molecular weight is 438 g/mol. The van der Waals surface area contributed by atoms with Crippen molar-refractivity contribution in [3.63, 3.8) is 0 Å². The number of esters is 1. The van der Waals surface area contributed by atoms with Gasteiger partial charge in [-0.2, -0.15) is 0 Å². The molecule has 1 saturated heterocycles. The van der Waals surface area contributed by atoms with Crippen molar-refractivity contribution in [3.05, 3.63) is 71.4 Å². The van der Waals surface area contributed by atoms with Gasteiger partial charge in [-0.3, -0.25) is 10.1 Å². The van der Waals surface area contributed by atoms with Crippen LogP contribution in [0, 0.1) is 6.92 Å². The topological polar surface area (TPSA) is 83.2 Å². The molecule has 0 aliphatic carbocycles. The number of rotatable bonds is 7. The maximum absolute atomic E-state index is 12.7. The molecule has 0 radical (unpaired) electrons. The molecular weight excluding hydrogens is 410 g/mol. The summed E-state index contributed by atoms with van der Waals surface area (Å²) in [6, 6.07) is 15.7. The van der Waals surface area contributed by atoms with Gasteiger partial charge in [-0.05, 0) is 24.1 Å². The molecule has 1 fully saturated rings. The number of thioether (sulfide) groups is 1. The van der Waals surface area contributed by atoms with E-state index in [-0.39, 0.29) is 17.3 Å². The van der Waals surface area contributed by atoms with Gasteiger partial charge in [0.1, 0.15) is 6.04 Å². The summed E-state index contributed by atoms with van der Waals surface area (Å²) in [5.41, 5.74) is 4.42. The molecule has 2 heterocycles. The highest BCUT2D eigenvalue weighted by atomic mass is 32.2. The Hall–Kier alpha value is -2.77. The van der Waals surface area contributed by atoms with Crippen molar-refractivity contribution in [2.45, 2.75) is 37.2 Å². The maximum atomic E-state index is 12.7. The van der Waals surface area contributed by atoms with E-state index in [0.717, 1.165) is 22.2 Å². The number of aromatic nitrogens is 1. The molecule has 3 atom stereocenters. The lowest BCUT2D eigenvalue weighted by atomic mass is 10.0. The number of benzene rings is 2. The smallest absolute Gasteiger partial charge is 0.328 e. The summed E-state index contributed by atoms with van der Waals surface area (Å²) in [5, 5.41) is 7.63. The highest BCUT2D eigenvalue weighted by molar-refractivity contribution is 7.99. The number of methoxy groups -OCH3 is 1. The van der Waals surface area contributed by atoms with Crippen LogP contribution in [-0.4, -0.2) is 41.8 Å². The first-order chi connectivity index (χ1) is 15.0. The van der Waals surface area contributed by atoms with Gasteiger partial charge in [-0.15, -0.1) is 11.8 Å². The van der Waals surface area contributed by atoms with Crippen molar-refractivity contribution in [1.29, 1.82) is 0 Å². The van der Waals surface area contributed by atoms with Gasteiger partial charge < -0.3 is 15.0 Å². The molecule has 6 nitrogen and oxygen atoms in total. The minimum atomic E-state index is -0.723. The van der Waals surface area contributed by atoms with Crippen molar-refractivity contribution in [2.75, 3.05) is 12.9 Å². The third-order valence-electron chi connectivity index (χ3n) is 5.58. The Morgan fingerprint density at radius 2 is 1.97 bits per heavy atom. The van der Waals surface area contributed by atoms with Gasteiger partial charge in [0.25, 0.3) is 0 Å². The van der Waals surface area contributed by atoms with Crippen LogP contribution >= 0.6 is 11.8 Å². The molecule has 0 bridgehead atoms. The average Bonchev–Trinajstić information content (AvgIpc) is 3.40. The van der Waals surface area contributed by atoms with Crippen LogP contribution in [0.25, 0.3) is 10.9 Å². The Balaban J connectivity index is 1.37. The molecule has 162 valence electrons. The fourth-order valence-corrected chi connectivity index (χ4v) is 5.18. The second-order valence-corrected chi connectivity index (χ2v) is 9.04. The molecule has 0 spiro atoms. The minimum absolute atomic E-state index is 0.0580. The SMILES string of the molecule is COC(=O)[C@H](Cc1c[nH]c2ccccc12)NC(=O)CC1CSC(c2ccc(C)cc2)N1. The number of carbonyl (C=O) groups excluding carboxylic acids is 2. The van der Waals surface area contributed by atoms with E-state index in [4.69, 9.17) is 4.74 Å². The highest BCUT2D eigenvalue weighted by Gasteiger charge is 2.29. The highest BCUT2D eigenvalue weighted by Crippen LogP contribution is 2.33.